The maximum atomic E-state index is 13.4. The summed E-state index contributed by atoms with van der Waals surface area (Å²) in [5.41, 5.74) is 2.74. The van der Waals surface area contributed by atoms with Crippen molar-refractivity contribution in [1.82, 2.24) is 10.6 Å². The summed E-state index contributed by atoms with van der Waals surface area (Å²) >= 11 is 0. The maximum Gasteiger partial charge on any atom is 0.243 e. The van der Waals surface area contributed by atoms with Gasteiger partial charge in [-0.2, -0.15) is 0 Å². The summed E-state index contributed by atoms with van der Waals surface area (Å²) in [4.78, 5) is 26.2. The van der Waals surface area contributed by atoms with Crippen molar-refractivity contribution in [1.29, 1.82) is 0 Å². The average Bonchev–Trinajstić information content (AvgIpc) is 2.79. The lowest BCUT2D eigenvalue weighted by Crippen LogP contribution is -2.49. The van der Waals surface area contributed by atoms with Gasteiger partial charge in [0, 0.05) is 13.0 Å². The van der Waals surface area contributed by atoms with Gasteiger partial charge in [0.1, 0.15) is 6.04 Å². The van der Waals surface area contributed by atoms with E-state index in [9.17, 15) is 9.59 Å². The second-order valence-corrected chi connectivity index (χ2v) is 7.04. The first-order chi connectivity index (χ1) is 14.7. The molecule has 3 rings (SSSR count). The number of rotatable bonds is 9. The van der Waals surface area contributed by atoms with Crippen molar-refractivity contribution in [3.8, 4) is 0 Å². The van der Waals surface area contributed by atoms with Crippen LogP contribution in [0.15, 0.2) is 104 Å². The molecule has 0 aliphatic carbocycles. The minimum absolute atomic E-state index is 0.206. The number of carbonyl (C=O) groups excluding carboxylic acids is 2. The topological polar surface area (TPSA) is 58.2 Å². The van der Waals surface area contributed by atoms with Crippen LogP contribution >= 0.6 is 0 Å². The van der Waals surface area contributed by atoms with Gasteiger partial charge in [0.15, 0.2) is 0 Å². The zero-order valence-electron chi connectivity index (χ0n) is 16.8. The Balaban J connectivity index is 1.87. The summed E-state index contributed by atoms with van der Waals surface area (Å²) in [6.45, 7) is 3.99. The lowest BCUT2D eigenvalue weighted by atomic mass is 9.90. The fourth-order valence-electron chi connectivity index (χ4n) is 3.40. The van der Waals surface area contributed by atoms with E-state index in [1.165, 1.54) is 0 Å². The zero-order valence-corrected chi connectivity index (χ0v) is 16.8. The van der Waals surface area contributed by atoms with Crippen molar-refractivity contribution >= 4 is 11.8 Å². The molecular formula is C26H26N2O2. The van der Waals surface area contributed by atoms with E-state index in [1.54, 1.807) is 6.08 Å². The van der Waals surface area contributed by atoms with Crippen LogP contribution in [0.4, 0.5) is 0 Å². The van der Waals surface area contributed by atoms with Gasteiger partial charge in [0.25, 0.3) is 0 Å². The SMILES string of the molecule is C=CCNC(=O)C(Cc1ccccc1)NC(=O)C(c1ccccc1)c1ccccc1. The summed E-state index contributed by atoms with van der Waals surface area (Å²) < 4.78 is 0. The van der Waals surface area contributed by atoms with Crippen LogP contribution < -0.4 is 10.6 Å². The molecule has 1 atom stereocenters. The van der Waals surface area contributed by atoms with Gasteiger partial charge >= 0.3 is 0 Å². The quantitative estimate of drug-likeness (QED) is 0.538. The van der Waals surface area contributed by atoms with E-state index in [0.717, 1.165) is 16.7 Å². The van der Waals surface area contributed by atoms with Gasteiger partial charge in [-0.15, -0.1) is 6.58 Å². The number of nitrogens with one attached hydrogen (secondary N) is 2. The molecule has 0 radical (unpaired) electrons. The fraction of sp³-hybridized carbons (Fsp3) is 0.154. The van der Waals surface area contributed by atoms with E-state index in [4.69, 9.17) is 0 Å². The molecule has 0 saturated heterocycles. The van der Waals surface area contributed by atoms with Crippen LogP contribution in [0.25, 0.3) is 0 Å². The van der Waals surface area contributed by atoms with Gasteiger partial charge < -0.3 is 10.6 Å². The highest BCUT2D eigenvalue weighted by molar-refractivity contribution is 5.92. The van der Waals surface area contributed by atoms with E-state index in [2.05, 4.69) is 17.2 Å². The monoisotopic (exact) mass is 398 g/mol. The number of benzene rings is 3. The second kappa shape index (κ2) is 10.8. The minimum Gasteiger partial charge on any atom is -0.351 e. The van der Waals surface area contributed by atoms with Crippen LogP contribution in [0.2, 0.25) is 0 Å². The summed E-state index contributed by atoms with van der Waals surface area (Å²) in [5.74, 6) is -0.938. The predicted octanol–water partition coefficient (Wildman–Crippen LogP) is 3.85. The van der Waals surface area contributed by atoms with Gasteiger partial charge in [-0.3, -0.25) is 9.59 Å². The Morgan fingerprint density at radius 1 is 0.767 bits per heavy atom. The smallest absolute Gasteiger partial charge is 0.243 e. The van der Waals surface area contributed by atoms with E-state index in [1.807, 2.05) is 91.0 Å². The predicted molar refractivity (Wildman–Crippen MR) is 120 cm³/mol. The Bertz CT molecular complexity index is 917. The molecule has 0 heterocycles. The molecule has 30 heavy (non-hydrogen) atoms. The van der Waals surface area contributed by atoms with Crippen molar-refractivity contribution in [2.24, 2.45) is 0 Å². The molecule has 1 unspecified atom stereocenters. The first-order valence-electron chi connectivity index (χ1n) is 10.0. The lowest BCUT2D eigenvalue weighted by Gasteiger charge is -2.23. The second-order valence-electron chi connectivity index (χ2n) is 7.04. The zero-order chi connectivity index (χ0) is 21.2. The van der Waals surface area contributed by atoms with Gasteiger partial charge in [-0.25, -0.2) is 0 Å². The molecule has 4 heteroatoms. The summed E-state index contributed by atoms with van der Waals surface area (Å²) in [6, 6.07) is 28.2. The maximum absolute atomic E-state index is 13.4. The summed E-state index contributed by atoms with van der Waals surface area (Å²) in [7, 11) is 0. The third kappa shape index (κ3) is 5.67. The van der Waals surface area contributed by atoms with Crippen molar-refractivity contribution in [2.45, 2.75) is 18.4 Å². The van der Waals surface area contributed by atoms with Crippen LogP contribution in [-0.4, -0.2) is 24.4 Å². The van der Waals surface area contributed by atoms with E-state index in [0.29, 0.717) is 13.0 Å². The van der Waals surface area contributed by atoms with Crippen molar-refractivity contribution in [3.63, 3.8) is 0 Å². The standard InChI is InChI=1S/C26H26N2O2/c1-2-18-27-25(29)23(19-20-12-6-3-7-13-20)28-26(30)24(21-14-8-4-9-15-21)22-16-10-5-11-17-22/h2-17,23-24H,1,18-19H2,(H,27,29)(H,28,30). The number of carbonyl (C=O) groups is 2. The van der Waals surface area contributed by atoms with Crippen molar-refractivity contribution < 1.29 is 9.59 Å². The highest BCUT2D eigenvalue weighted by Gasteiger charge is 2.27. The van der Waals surface area contributed by atoms with Gasteiger partial charge in [-0.05, 0) is 16.7 Å². The highest BCUT2D eigenvalue weighted by atomic mass is 16.2. The minimum atomic E-state index is -0.685. The summed E-state index contributed by atoms with van der Waals surface area (Å²) in [5, 5.41) is 5.79. The Kier molecular flexibility index (Phi) is 7.56. The van der Waals surface area contributed by atoms with Gasteiger partial charge in [0.05, 0.1) is 5.92 Å². The Hall–Kier alpha value is -3.66. The molecule has 0 fully saturated rings. The first-order valence-corrected chi connectivity index (χ1v) is 10.0. The highest BCUT2D eigenvalue weighted by Crippen LogP contribution is 2.25. The summed E-state index contributed by atoms with van der Waals surface area (Å²) in [6.07, 6.45) is 2.03. The van der Waals surface area contributed by atoms with Gasteiger partial charge in [0.2, 0.25) is 11.8 Å². The van der Waals surface area contributed by atoms with E-state index < -0.39 is 12.0 Å². The number of hydrogen-bond donors (Lipinski definition) is 2. The normalized spacial score (nSPS) is 11.5. The van der Waals surface area contributed by atoms with E-state index in [-0.39, 0.29) is 11.8 Å². The van der Waals surface area contributed by atoms with Crippen LogP contribution in [0, 0.1) is 0 Å². The lowest BCUT2D eigenvalue weighted by molar-refractivity contribution is -0.129. The third-order valence-corrected chi connectivity index (χ3v) is 4.86. The molecule has 0 saturated carbocycles. The van der Waals surface area contributed by atoms with Crippen LogP contribution in [0.3, 0.4) is 0 Å². The molecule has 2 N–H and O–H groups in total. The molecule has 0 aliphatic heterocycles. The first kappa shape index (κ1) is 21.1. The fourth-order valence-corrected chi connectivity index (χ4v) is 3.40. The molecule has 0 bridgehead atoms. The average molecular weight is 399 g/mol. The number of hydrogen-bond acceptors (Lipinski definition) is 2. The molecule has 0 spiro atoms. The van der Waals surface area contributed by atoms with Crippen molar-refractivity contribution in [2.75, 3.05) is 6.54 Å². The molecule has 0 aromatic heterocycles. The number of amides is 2. The van der Waals surface area contributed by atoms with E-state index >= 15 is 0 Å². The molecular weight excluding hydrogens is 372 g/mol. The Morgan fingerprint density at radius 2 is 1.27 bits per heavy atom. The molecule has 4 nitrogen and oxygen atoms in total. The molecule has 3 aromatic carbocycles. The van der Waals surface area contributed by atoms with Crippen LogP contribution in [-0.2, 0) is 16.0 Å². The van der Waals surface area contributed by atoms with Crippen LogP contribution in [0.1, 0.15) is 22.6 Å². The Morgan fingerprint density at radius 3 is 1.77 bits per heavy atom. The third-order valence-electron chi connectivity index (χ3n) is 4.86. The molecule has 3 aromatic rings. The molecule has 0 aliphatic rings. The Labute approximate surface area is 177 Å². The molecule has 2 amide bonds. The van der Waals surface area contributed by atoms with Gasteiger partial charge in [-0.1, -0.05) is 97.1 Å². The van der Waals surface area contributed by atoms with Crippen molar-refractivity contribution in [3.05, 3.63) is 120 Å². The molecule has 152 valence electrons. The van der Waals surface area contributed by atoms with Crippen LogP contribution in [0.5, 0.6) is 0 Å². The largest absolute Gasteiger partial charge is 0.351 e.